The number of ether oxygens (including phenoxy) is 2. The smallest absolute Gasteiger partial charge is 0.340 e. The Labute approximate surface area is 288 Å². The minimum absolute atomic E-state index is 0.368. The molecule has 2 aliphatic heterocycles. The van der Waals surface area contributed by atoms with E-state index in [1.165, 1.54) is 0 Å². The van der Waals surface area contributed by atoms with Crippen LogP contribution in [-0.4, -0.2) is 98.2 Å². The van der Waals surface area contributed by atoms with E-state index < -0.39 is 5.60 Å². The first-order valence-electron chi connectivity index (χ1n) is 17.1. The molecule has 1 atom stereocenters. The standard InChI is InChI=1S/C37H47N9O3/c1-7-46(8-2)26-16-17-29-32(24-26)48-31-18-15-25(23-30(31)37(29)28-14-10-9-13-27(28)33(47)49-37)40-36-42-34(38-19-11-21-44(3)4)41-35(43-36)39-20-12-22-45(5)6/h9-10,13-18,23-24H,7-8,11-12,19-22H2,1-6H3,(H3,38,39,40,41,42,43). The van der Waals surface area contributed by atoms with Gasteiger partial charge in [-0.05, 0) is 104 Å². The van der Waals surface area contributed by atoms with Gasteiger partial charge in [-0.2, -0.15) is 15.0 Å². The molecule has 0 fully saturated rings. The van der Waals surface area contributed by atoms with Crippen LogP contribution in [0.1, 0.15) is 53.7 Å². The summed E-state index contributed by atoms with van der Waals surface area (Å²) in [6.45, 7) is 9.33. The lowest BCUT2D eigenvalue weighted by Gasteiger charge is -2.37. The van der Waals surface area contributed by atoms with E-state index in [-0.39, 0.29) is 5.97 Å². The SMILES string of the molecule is CCN(CC)c1ccc2c(c1)Oc1ccc(Nc3nc(NCCCN(C)C)nc(NCCCN(C)C)n3)cc1C21OC(=O)c2ccccc21. The third kappa shape index (κ3) is 7.11. The number of nitrogens with one attached hydrogen (secondary N) is 3. The molecule has 0 aliphatic carbocycles. The Morgan fingerprint density at radius 2 is 1.37 bits per heavy atom. The molecule has 3 N–H and O–H groups in total. The van der Waals surface area contributed by atoms with Crippen LogP contribution in [0, 0.1) is 0 Å². The maximum absolute atomic E-state index is 13.4. The van der Waals surface area contributed by atoms with Crippen molar-refractivity contribution < 1.29 is 14.3 Å². The molecule has 6 rings (SSSR count). The number of benzene rings is 3. The lowest BCUT2D eigenvalue weighted by Crippen LogP contribution is -2.33. The molecule has 1 spiro atoms. The molecule has 1 unspecified atom stereocenters. The van der Waals surface area contributed by atoms with Gasteiger partial charge in [-0.25, -0.2) is 4.79 Å². The summed E-state index contributed by atoms with van der Waals surface area (Å²) < 4.78 is 13.0. The predicted octanol–water partition coefficient (Wildman–Crippen LogP) is 5.76. The molecule has 4 aromatic rings. The number of fused-ring (bicyclic) bond motifs is 6. The summed E-state index contributed by atoms with van der Waals surface area (Å²) in [5, 5.41) is 10.1. The van der Waals surface area contributed by atoms with Crippen LogP contribution in [-0.2, 0) is 10.3 Å². The number of anilines is 5. The second-order valence-electron chi connectivity index (χ2n) is 12.9. The largest absolute Gasteiger partial charge is 0.456 e. The van der Waals surface area contributed by atoms with E-state index in [9.17, 15) is 4.79 Å². The van der Waals surface area contributed by atoms with Crippen molar-refractivity contribution >= 4 is 35.2 Å². The molecule has 0 saturated carbocycles. The number of esters is 1. The third-order valence-corrected chi connectivity index (χ3v) is 8.85. The highest BCUT2D eigenvalue weighted by atomic mass is 16.6. The molecule has 0 saturated heterocycles. The molecule has 12 heteroatoms. The van der Waals surface area contributed by atoms with E-state index in [0.717, 1.165) is 74.5 Å². The van der Waals surface area contributed by atoms with Gasteiger partial charge in [-0.1, -0.05) is 18.2 Å². The van der Waals surface area contributed by atoms with Crippen molar-refractivity contribution in [2.24, 2.45) is 0 Å². The first-order chi connectivity index (χ1) is 23.7. The van der Waals surface area contributed by atoms with Crippen LogP contribution in [0.5, 0.6) is 11.5 Å². The van der Waals surface area contributed by atoms with Crippen LogP contribution in [0.15, 0.2) is 60.7 Å². The summed E-state index contributed by atoms with van der Waals surface area (Å²) >= 11 is 0. The average molecular weight is 666 g/mol. The normalized spacial score (nSPS) is 15.8. The number of nitrogens with zero attached hydrogens (tertiary/aromatic N) is 6. The summed E-state index contributed by atoms with van der Waals surface area (Å²) in [5.41, 5.74) is 3.40. The molecule has 1 aromatic heterocycles. The highest BCUT2D eigenvalue weighted by Crippen LogP contribution is 2.57. The second kappa shape index (κ2) is 14.7. The van der Waals surface area contributed by atoms with Crippen molar-refractivity contribution in [2.45, 2.75) is 32.3 Å². The molecule has 0 bridgehead atoms. The Hall–Kier alpha value is -4.94. The van der Waals surface area contributed by atoms with Gasteiger partial charge in [0, 0.05) is 60.3 Å². The number of hydrogen-bond donors (Lipinski definition) is 3. The fourth-order valence-corrected chi connectivity index (χ4v) is 6.43. The van der Waals surface area contributed by atoms with Gasteiger partial charge in [-0.15, -0.1) is 0 Å². The van der Waals surface area contributed by atoms with Crippen molar-refractivity contribution in [1.82, 2.24) is 24.8 Å². The molecular weight excluding hydrogens is 618 g/mol. The molecule has 3 heterocycles. The number of carbonyl (C=O) groups is 1. The van der Waals surface area contributed by atoms with Crippen LogP contribution < -0.4 is 25.6 Å². The van der Waals surface area contributed by atoms with Crippen molar-refractivity contribution in [3.63, 3.8) is 0 Å². The lowest BCUT2D eigenvalue weighted by molar-refractivity contribution is 0.0224. The summed E-state index contributed by atoms with van der Waals surface area (Å²) in [4.78, 5) is 34.0. The maximum Gasteiger partial charge on any atom is 0.340 e. The van der Waals surface area contributed by atoms with E-state index in [4.69, 9.17) is 19.4 Å². The zero-order chi connectivity index (χ0) is 34.5. The fraction of sp³-hybridized carbons (Fsp3) is 0.405. The molecule has 258 valence electrons. The number of carbonyl (C=O) groups excluding carboxylic acids is 1. The maximum atomic E-state index is 13.4. The van der Waals surface area contributed by atoms with E-state index >= 15 is 0 Å². The number of hydrogen-bond acceptors (Lipinski definition) is 12. The highest BCUT2D eigenvalue weighted by Gasteiger charge is 2.53. The topological polar surface area (TPSA) is 120 Å². The molecule has 2 aliphatic rings. The van der Waals surface area contributed by atoms with Gasteiger partial charge >= 0.3 is 5.97 Å². The van der Waals surface area contributed by atoms with Crippen molar-refractivity contribution in [3.8, 4) is 11.5 Å². The van der Waals surface area contributed by atoms with Crippen LogP contribution in [0.25, 0.3) is 0 Å². The van der Waals surface area contributed by atoms with Crippen molar-refractivity contribution in [2.75, 3.05) is 88.3 Å². The summed E-state index contributed by atoms with van der Waals surface area (Å²) in [7, 11) is 8.23. The number of aromatic nitrogens is 3. The Bertz CT molecular complexity index is 1760. The minimum Gasteiger partial charge on any atom is -0.456 e. The first kappa shape index (κ1) is 33.9. The lowest BCUT2D eigenvalue weighted by atomic mass is 9.77. The van der Waals surface area contributed by atoms with Gasteiger partial charge in [0.15, 0.2) is 5.60 Å². The van der Waals surface area contributed by atoms with Gasteiger partial charge in [0.1, 0.15) is 11.5 Å². The Morgan fingerprint density at radius 1 is 0.714 bits per heavy atom. The zero-order valence-corrected chi connectivity index (χ0v) is 29.3. The third-order valence-electron chi connectivity index (χ3n) is 8.85. The summed E-state index contributed by atoms with van der Waals surface area (Å²) in [5.74, 6) is 2.27. The Kier molecular flexibility index (Phi) is 10.2. The van der Waals surface area contributed by atoms with Gasteiger partial charge < -0.3 is 40.1 Å². The highest BCUT2D eigenvalue weighted by molar-refractivity contribution is 5.97. The van der Waals surface area contributed by atoms with E-state index in [1.54, 1.807) is 0 Å². The quantitative estimate of drug-likeness (QED) is 0.106. The van der Waals surface area contributed by atoms with E-state index in [0.29, 0.717) is 40.6 Å². The Balaban J connectivity index is 1.36. The molecular formula is C37H47N9O3. The molecule has 49 heavy (non-hydrogen) atoms. The van der Waals surface area contributed by atoms with E-state index in [1.807, 2.05) is 54.6 Å². The summed E-state index contributed by atoms with van der Waals surface area (Å²) in [6.07, 6.45) is 1.88. The van der Waals surface area contributed by atoms with E-state index in [2.05, 4.69) is 83.7 Å². The van der Waals surface area contributed by atoms with Gasteiger partial charge in [-0.3, -0.25) is 0 Å². The van der Waals surface area contributed by atoms with Crippen molar-refractivity contribution in [1.29, 1.82) is 0 Å². The van der Waals surface area contributed by atoms with Crippen LogP contribution in [0.2, 0.25) is 0 Å². The fourth-order valence-electron chi connectivity index (χ4n) is 6.43. The summed E-state index contributed by atoms with van der Waals surface area (Å²) in [6, 6.07) is 19.5. The zero-order valence-electron chi connectivity index (χ0n) is 29.3. The molecule has 12 nitrogen and oxygen atoms in total. The second-order valence-corrected chi connectivity index (χ2v) is 12.9. The van der Waals surface area contributed by atoms with Crippen molar-refractivity contribution in [3.05, 3.63) is 82.9 Å². The van der Waals surface area contributed by atoms with Gasteiger partial charge in [0.25, 0.3) is 0 Å². The Morgan fingerprint density at radius 3 is 2.02 bits per heavy atom. The first-order valence-corrected chi connectivity index (χ1v) is 17.1. The average Bonchev–Trinajstić information content (AvgIpc) is 3.38. The van der Waals surface area contributed by atoms with Crippen LogP contribution in [0.3, 0.4) is 0 Å². The van der Waals surface area contributed by atoms with Gasteiger partial charge in [0.2, 0.25) is 17.8 Å². The number of rotatable bonds is 15. The van der Waals surface area contributed by atoms with Crippen LogP contribution in [0.4, 0.5) is 29.2 Å². The minimum atomic E-state index is -1.19. The van der Waals surface area contributed by atoms with Crippen LogP contribution >= 0.6 is 0 Å². The molecule has 0 radical (unpaired) electrons. The monoisotopic (exact) mass is 665 g/mol. The molecule has 3 aromatic carbocycles. The molecule has 0 amide bonds. The van der Waals surface area contributed by atoms with Gasteiger partial charge in [0.05, 0.1) is 5.56 Å². The predicted molar refractivity (Wildman–Crippen MR) is 195 cm³/mol.